The lowest BCUT2D eigenvalue weighted by atomic mass is 10.0. The topological polar surface area (TPSA) is 59.1 Å². The molecule has 0 aliphatic carbocycles. The van der Waals surface area contributed by atoms with Crippen molar-refractivity contribution in [1.29, 1.82) is 0 Å². The highest BCUT2D eigenvalue weighted by Gasteiger charge is 2.44. The number of morpholine rings is 1. The number of hydrogen-bond donors (Lipinski definition) is 0. The number of methoxy groups -OCH3 is 1. The van der Waals surface area contributed by atoms with Gasteiger partial charge >= 0.3 is 0 Å². The quantitative estimate of drug-likeness (QED) is 0.671. The van der Waals surface area contributed by atoms with Crippen LogP contribution in [0.25, 0.3) is 5.57 Å². The summed E-state index contributed by atoms with van der Waals surface area (Å²) in [5.74, 6) is -0.0348. The van der Waals surface area contributed by atoms with Gasteiger partial charge in [-0.3, -0.25) is 9.59 Å². The number of carbonyl (C=O) groups is 2. The summed E-state index contributed by atoms with van der Waals surface area (Å²) in [6, 6.07) is 12.4. The van der Waals surface area contributed by atoms with E-state index in [1.165, 1.54) is 4.90 Å². The first-order valence-corrected chi connectivity index (χ1v) is 10.6. The van der Waals surface area contributed by atoms with Crippen LogP contribution in [0.15, 0.2) is 48.2 Å². The Bertz CT molecular complexity index is 1050. The number of aryl methyl sites for hydroxylation is 1. The van der Waals surface area contributed by atoms with Crippen LogP contribution in [0.5, 0.6) is 5.75 Å². The van der Waals surface area contributed by atoms with Crippen molar-refractivity contribution in [3.05, 3.63) is 64.3 Å². The molecule has 2 aromatic rings. The highest BCUT2D eigenvalue weighted by molar-refractivity contribution is 6.45. The third-order valence-corrected chi connectivity index (χ3v) is 5.99. The molecule has 1 fully saturated rings. The zero-order valence-corrected chi connectivity index (χ0v) is 18.8. The van der Waals surface area contributed by atoms with Gasteiger partial charge in [-0.15, -0.1) is 0 Å². The molecule has 4 rings (SSSR count). The van der Waals surface area contributed by atoms with E-state index >= 15 is 0 Å². The minimum absolute atomic E-state index is 0.0564. The molecule has 2 atom stereocenters. The molecule has 2 aromatic carbocycles. The molecule has 0 N–H and O–H groups in total. The van der Waals surface area contributed by atoms with Gasteiger partial charge in [-0.25, -0.2) is 4.90 Å². The summed E-state index contributed by atoms with van der Waals surface area (Å²) in [4.78, 5) is 30.4. The Kier molecular flexibility index (Phi) is 5.77. The van der Waals surface area contributed by atoms with Crippen LogP contribution in [0.1, 0.15) is 25.0 Å². The van der Waals surface area contributed by atoms with Crippen molar-refractivity contribution >= 4 is 34.7 Å². The number of rotatable bonds is 4. The van der Waals surface area contributed by atoms with Gasteiger partial charge in [0.1, 0.15) is 11.4 Å². The normalized spacial score (nSPS) is 21.8. The number of halogens is 1. The molecule has 0 aromatic heterocycles. The summed E-state index contributed by atoms with van der Waals surface area (Å²) >= 11 is 6.29. The highest BCUT2D eigenvalue weighted by atomic mass is 35.5. The van der Waals surface area contributed by atoms with Crippen molar-refractivity contribution in [3.8, 4) is 5.75 Å². The van der Waals surface area contributed by atoms with Crippen molar-refractivity contribution in [3.63, 3.8) is 0 Å². The molecular formula is C24H25ClN2O4. The molecule has 0 radical (unpaired) electrons. The zero-order valence-electron chi connectivity index (χ0n) is 18.0. The molecule has 0 spiro atoms. The molecular weight excluding hydrogens is 416 g/mol. The molecule has 162 valence electrons. The Labute approximate surface area is 187 Å². The van der Waals surface area contributed by atoms with Crippen LogP contribution in [0.2, 0.25) is 5.02 Å². The summed E-state index contributed by atoms with van der Waals surface area (Å²) < 4.78 is 11.1. The van der Waals surface area contributed by atoms with Crippen LogP contribution in [0, 0.1) is 6.92 Å². The molecule has 2 heterocycles. The fourth-order valence-corrected chi connectivity index (χ4v) is 4.32. The predicted octanol–water partition coefficient (Wildman–Crippen LogP) is 4.05. The van der Waals surface area contributed by atoms with Gasteiger partial charge in [0.25, 0.3) is 11.8 Å². The van der Waals surface area contributed by atoms with Crippen molar-refractivity contribution in [2.24, 2.45) is 0 Å². The molecule has 7 heteroatoms. The largest absolute Gasteiger partial charge is 0.497 e. The Balaban J connectivity index is 1.83. The van der Waals surface area contributed by atoms with Crippen LogP contribution in [-0.4, -0.2) is 49.1 Å². The van der Waals surface area contributed by atoms with Crippen molar-refractivity contribution in [2.45, 2.75) is 33.0 Å². The molecule has 31 heavy (non-hydrogen) atoms. The van der Waals surface area contributed by atoms with E-state index in [0.717, 1.165) is 5.56 Å². The van der Waals surface area contributed by atoms with E-state index in [4.69, 9.17) is 21.1 Å². The summed E-state index contributed by atoms with van der Waals surface area (Å²) in [5, 5.41) is 0.506. The zero-order chi connectivity index (χ0) is 22.3. The molecule has 2 aliphatic rings. The van der Waals surface area contributed by atoms with Crippen LogP contribution in [0.3, 0.4) is 0 Å². The maximum absolute atomic E-state index is 13.6. The fraction of sp³-hybridized carbons (Fsp3) is 0.333. The first kappa shape index (κ1) is 21.4. The second-order valence-corrected chi connectivity index (χ2v) is 8.40. The number of nitrogens with zero attached hydrogens (tertiary/aromatic N) is 2. The van der Waals surface area contributed by atoms with Crippen LogP contribution < -0.4 is 9.64 Å². The van der Waals surface area contributed by atoms with Crippen molar-refractivity contribution in [2.75, 3.05) is 25.1 Å². The highest BCUT2D eigenvalue weighted by Crippen LogP contribution is 2.37. The molecule has 1 saturated heterocycles. The van der Waals surface area contributed by atoms with Gasteiger partial charge in [-0.1, -0.05) is 29.8 Å². The van der Waals surface area contributed by atoms with E-state index in [2.05, 4.69) is 0 Å². The lowest BCUT2D eigenvalue weighted by Crippen LogP contribution is -2.47. The first-order chi connectivity index (χ1) is 14.8. The van der Waals surface area contributed by atoms with E-state index in [0.29, 0.717) is 46.4 Å². The van der Waals surface area contributed by atoms with Gasteiger partial charge in [-0.05, 0) is 56.2 Å². The lowest BCUT2D eigenvalue weighted by molar-refractivity contribution is -0.121. The smallest absolute Gasteiger partial charge is 0.282 e. The van der Waals surface area contributed by atoms with E-state index in [1.54, 1.807) is 43.5 Å². The number of anilines is 1. The number of benzene rings is 2. The number of imide groups is 1. The first-order valence-electron chi connectivity index (χ1n) is 10.2. The van der Waals surface area contributed by atoms with Gasteiger partial charge in [-0.2, -0.15) is 0 Å². The third kappa shape index (κ3) is 3.93. The number of hydrogen-bond acceptors (Lipinski definition) is 5. The van der Waals surface area contributed by atoms with Crippen LogP contribution in [-0.2, 0) is 14.3 Å². The van der Waals surface area contributed by atoms with E-state index < -0.39 is 0 Å². The van der Waals surface area contributed by atoms with Crippen molar-refractivity contribution < 1.29 is 19.1 Å². The molecule has 0 saturated carbocycles. The predicted molar refractivity (Wildman–Crippen MR) is 120 cm³/mol. The summed E-state index contributed by atoms with van der Waals surface area (Å²) in [6.07, 6.45) is -0.113. The maximum Gasteiger partial charge on any atom is 0.282 e. The van der Waals surface area contributed by atoms with Gasteiger partial charge < -0.3 is 14.4 Å². The van der Waals surface area contributed by atoms with Gasteiger partial charge in [0.15, 0.2) is 0 Å². The SMILES string of the molecule is COc1ccc(C2=C(N3CC(C)OC(C)C3)C(=O)N(c3ccc(C)c(Cl)c3)C2=O)cc1. The summed E-state index contributed by atoms with van der Waals surface area (Å²) in [7, 11) is 1.59. The minimum atomic E-state index is -0.364. The molecule has 6 nitrogen and oxygen atoms in total. The van der Waals surface area contributed by atoms with Gasteiger partial charge in [0, 0.05) is 18.1 Å². The third-order valence-electron chi connectivity index (χ3n) is 5.59. The van der Waals surface area contributed by atoms with Gasteiger partial charge in [0.05, 0.1) is 30.6 Å². The van der Waals surface area contributed by atoms with Crippen LogP contribution in [0.4, 0.5) is 5.69 Å². The second kappa shape index (κ2) is 8.36. The standard InChI is InChI=1S/C24H25ClN2O4/c1-14-5-8-18(11-20(14)25)27-23(28)21(17-6-9-19(30-4)10-7-17)22(24(27)29)26-12-15(2)31-16(3)13-26/h5-11,15-16H,12-13H2,1-4H3. The second-order valence-electron chi connectivity index (χ2n) is 7.99. The molecule has 2 amide bonds. The Morgan fingerprint density at radius 1 is 1.00 bits per heavy atom. The van der Waals surface area contributed by atoms with Crippen LogP contribution >= 0.6 is 11.6 Å². The fourth-order valence-electron chi connectivity index (χ4n) is 4.15. The van der Waals surface area contributed by atoms with Gasteiger partial charge in [0.2, 0.25) is 0 Å². The minimum Gasteiger partial charge on any atom is -0.497 e. The number of carbonyl (C=O) groups excluding carboxylic acids is 2. The maximum atomic E-state index is 13.6. The Morgan fingerprint density at radius 3 is 2.23 bits per heavy atom. The van der Waals surface area contributed by atoms with E-state index in [-0.39, 0.29) is 24.0 Å². The average molecular weight is 441 g/mol. The Hall–Kier alpha value is -2.83. The van der Waals surface area contributed by atoms with E-state index in [1.807, 2.05) is 31.7 Å². The molecule has 0 bridgehead atoms. The van der Waals surface area contributed by atoms with E-state index in [9.17, 15) is 9.59 Å². The average Bonchev–Trinajstić information content (AvgIpc) is 2.99. The monoisotopic (exact) mass is 440 g/mol. The summed E-state index contributed by atoms with van der Waals surface area (Å²) in [6.45, 7) is 6.87. The molecule has 2 aliphatic heterocycles. The Morgan fingerprint density at radius 2 is 1.65 bits per heavy atom. The number of ether oxygens (including phenoxy) is 2. The van der Waals surface area contributed by atoms with Crippen molar-refractivity contribution in [1.82, 2.24) is 4.90 Å². The molecule has 2 unspecified atom stereocenters. The lowest BCUT2D eigenvalue weighted by Gasteiger charge is -2.37. The summed E-state index contributed by atoms with van der Waals surface area (Å²) in [5.41, 5.74) is 2.78. The number of amides is 2.